The Morgan fingerprint density at radius 2 is 1.75 bits per heavy atom. The minimum absolute atomic E-state index is 0.0778. The molecule has 6 nitrogen and oxygen atoms in total. The first-order valence-corrected chi connectivity index (χ1v) is 9.16. The van der Waals surface area contributed by atoms with Gasteiger partial charge in [-0.05, 0) is 35.4 Å². The third-order valence-electron chi connectivity index (χ3n) is 4.50. The molecule has 0 unspecified atom stereocenters. The second-order valence-corrected chi connectivity index (χ2v) is 6.50. The van der Waals surface area contributed by atoms with E-state index in [2.05, 4.69) is 10.3 Å². The molecule has 1 amide bonds. The highest BCUT2D eigenvalue weighted by Gasteiger charge is 2.13. The number of fused-ring (bicyclic) bond motifs is 1. The van der Waals surface area contributed by atoms with Gasteiger partial charge in [-0.1, -0.05) is 36.4 Å². The molecular weight excluding hydrogens is 356 g/mol. The van der Waals surface area contributed by atoms with Gasteiger partial charge in [0.15, 0.2) is 11.5 Å². The molecule has 2 N–H and O–H groups in total. The van der Waals surface area contributed by atoms with Crippen molar-refractivity contribution < 1.29 is 14.3 Å². The van der Waals surface area contributed by atoms with Crippen LogP contribution in [-0.2, 0) is 6.54 Å². The average molecular weight is 376 g/mol. The number of carbonyl (C=O) groups excluding carboxylic acids is 1. The first-order valence-electron chi connectivity index (χ1n) is 9.16. The summed E-state index contributed by atoms with van der Waals surface area (Å²) in [6.45, 7) is 1.52. The van der Waals surface area contributed by atoms with Gasteiger partial charge in [0, 0.05) is 18.7 Å². The maximum absolute atomic E-state index is 12.4. The van der Waals surface area contributed by atoms with Crippen molar-refractivity contribution in [2.45, 2.75) is 13.0 Å². The Bertz CT molecular complexity index is 1040. The van der Waals surface area contributed by atoms with E-state index in [0.717, 1.165) is 17.5 Å². The van der Waals surface area contributed by atoms with Crippen LogP contribution in [0.15, 0.2) is 65.5 Å². The van der Waals surface area contributed by atoms with Crippen LogP contribution < -0.4 is 20.3 Å². The molecule has 0 aliphatic carbocycles. The standard InChI is InChI=1S/C22H20N2O4/c25-21(17-8-9-18(24-22(17)26)16-5-2-1-3-6-16)23-14-15-7-10-19-20(13-15)28-12-4-11-27-19/h1-3,5-10,13H,4,11-12,14H2,(H,23,25)(H,24,26). The van der Waals surface area contributed by atoms with Crippen LogP contribution in [0.2, 0.25) is 0 Å². The first-order chi connectivity index (χ1) is 13.7. The molecule has 142 valence electrons. The molecule has 2 aromatic carbocycles. The zero-order chi connectivity index (χ0) is 19.3. The van der Waals surface area contributed by atoms with Gasteiger partial charge in [-0.2, -0.15) is 0 Å². The Kier molecular flexibility index (Phi) is 5.10. The lowest BCUT2D eigenvalue weighted by Gasteiger charge is -2.10. The van der Waals surface area contributed by atoms with E-state index >= 15 is 0 Å². The molecule has 1 aromatic heterocycles. The van der Waals surface area contributed by atoms with Crippen LogP contribution in [0.3, 0.4) is 0 Å². The molecule has 2 heterocycles. The van der Waals surface area contributed by atoms with Crippen molar-refractivity contribution in [2.24, 2.45) is 0 Å². The van der Waals surface area contributed by atoms with Crippen molar-refractivity contribution in [1.82, 2.24) is 10.3 Å². The molecule has 1 aliphatic rings. The fourth-order valence-corrected chi connectivity index (χ4v) is 3.03. The molecular formula is C22H20N2O4. The summed E-state index contributed by atoms with van der Waals surface area (Å²) in [5, 5.41) is 2.78. The molecule has 3 aromatic rings. The van der Waals surface area contributed by atoms with Gasteiger partial charge in [-0.3, -0.25) is 9.59 Å². The van der Waals surface area contributed by atoms with Gasteiger partial charge in [0.1, 0.15) is 5.56 Å². The number of ether oxygens (including phenoxy) is 2. The summed E-state index contributed by atoms with van der Waals surface area (Å²) in [5.74, 6) is 0.961. The van der Waals surface area contributed by atoms with Gasteiger partial charge >= 0.3 is 0 Å². The number of pyridine rings is 1. The highest BCUT2D eigenvalue weighted by atomic mass is 16.5. The SMILES string of the molecule is O=C(NCc1ccc2c(c1)OCCCO2)c1ccc(-c2ccccc2)[nH]c1=O. The molecule has 0 fully saturated rings. The maximum Gasteiger partial charge on any atom is 0.261 e. The number of aromatic nitrogens is 1. The summed E-state index contributed by atoms with van der Waals surface area (Å²) in [5.41, 5.74) is 2.09. The molecule has 0 spiro atoms. The van der Waals surface area contributed by atoms with E-state index in [4.69, 9.17) is 9.47 Å². The van der Waals surface area contributed by atoms with E-state index in [-0.39, 0.29) is 12.1 Å². The average Bonchev–Trinajstić information content (AvgIpc) is 2.97. The number of H-pyrrole nitrogens is 1. The normalized spacial score (nSPS) is 12.9. The van der Waals surface area contributed by atoms with Crippen molar-refractivity contribution in [3.8, 4) is 22.8 Å². The highest BCUT2D eigenvalue weighted by molar-refractivity contribution is 5.94. The Balaban J connectivity index is 1.45. The molecule has 0 atom stereocenters. The van der Waals surface area contributed by atoms with Gasteiger partial charge in [-0.25, -0.2) is 0 Å². The number of hydrogen-bond acceptors (Lipinski definition) is 4. The molecule has 4 rings (SSSR count). The molecule has 0 saturated carbocycles. The van der Waals surface area contributed by atoms with E-state index in [1.807, 2.05) is 48.5 Å². The summed E-state index contributed by atoms with van der Waals surface area (Å²) in [6.07, 6.45) is 0.836. The van der Waals surface area contributed by atoms with Gasteiger partial charge < -0.3 is 19.8 Å². The second kappa shape index (κ2) is 8.00. The number of carbonyl (C=O) groups is 1. The van der Waals surface area contributed by atoms with Crippen LogP contribution in [-0.4, -0.2) is 24.1 Å². The fourth-order valence-electron chi connectivity index (χ4n) is 3.03. The predicted molar refractivity (Wildman–Crippen MR) is 106 cm³/mol. The van der Waals surface area contributed by atoms with Crippen molar-refractivity contribution in [3.63, 3.8) is 0 Å². The molecule has 6 heteroatoms. The molecule has 0 saturated heterocycles. The largest absolute Gasteiger partial charge is 0.490 e. The van der Waals surface area contributed by atoms with Crippen molar-refractivity contribution >= 4 is 5.91 Å². The Labute approximate surface area is 162 Å². The third kappa shape index (κ3) is 3.91. The van der Waals surface area contributed by atoms with Gasteiger partial charge in [0.2, 0.25) is 0 Å². The predicted octanol–water partition coefficient (Wildman–Crippen LogP) is 3.13. The number of benzene rings is 2. The number of amides is 1. The monoisotopic (exact) mass is 376 g/mol. The Morgan fingerprint density at radius 1 is 0.964 bits per heavy atom. The van der Waals surface area contributed by atoms with Gasteiger partial charge in [0.25, 0.3) is 11.5 Å². The van der Waals surface area contributed by atoms with Crippen LogP contribution in [0.5, 0.6) is 11.5 Å². The summed E-state index contributed by atoms with van der Waals surface area (Å²) in [7, 11) is 0. The van der Waals surface area contributed by atoms with Crippen LogP contribution in [0.4, 0.5) is 0 Å². The third-order valence-corrected chi connectivity index (χ3v) is 4.50. The number of aromatic amines is 1. The number of hydrogen-bond donors (Lipinski definition) is 2. The van der Waals surface area contributed by atoms with Crippen LogP contribution in [0.25, 0.3) is 11.3 Å². The summed E-state index contributed by atoms with van der Waals surface area (Å²) < 4.78 is 11.3. The summed E-state index contributed by atoms with van der Waals surface area (Å²) in [4.78, 5) is 27.6. The van der Waals surface area contributed by atoms with E-state index < -0.39 is 11.5 Å². The first kappa shape index (κ1) is 17.9. The number of rotatable bonds is 4. The lowest BCUT2D eigenvalue weighted by Crippen LogP contribution is -2.29. The smallest absolute Gasteiger partial charge is 0.261 e. The highest BCUT2D eigenvalue weighted by Crippen LogP contribution is 2.30. The molecule has 28 heavy (non-hydrogen) atoms. The quantitative estimate of drug-likeness (QED) is 0.733. The number of nitrogens with one attached hydrogen (secondary N) is 2. The lowest BCUT2D eigenvalue weighted by molar-refractivity contribution is 0.0949. The molecule has 1 aliphatic heterocycles. The van der Waals surface area contributed by atoms with Gasteiger partial charge in [0.05, 0.1) is 13.2 Å². The van der Waals surface area contributed by atoms with Crippen LogP contribution in [0.1, 0.15) is 22.3 Å². The Hall–Kier alpha value is -3.54. The minimum atomic E-state index is -0.423. The fraction of sp³-hybridized carbons (Fsp3) is 0.182. The van der Waals surface area contributed by atoms with E-state index in [1.165, 1.54) is 0 Å². The lowest BCUT2D eigenvalue weighted by atomic mass is 10.1. The van der Waals surface area contributed by atoms with Crippen molar-refractivity contribution in [1.29, 1.82) is 0 Å². The molecule has 0 radical (unpaired) electrons. The zero-order valence-electron chi connectivity index (χ0n) is 15.2. The summed E-state index contributed by atoms with van der Waals surface area (Å²) >= 11 is 0. The van der Waals surface area contributed by atoms with Crippen LogP contribution >= 0.6 is 0 Å². The molecule has 0 bridgehead atoms. The van der Waals surface area contributed by atoms with E-state index in [9.17, 15) is 9.59 Å². The summed E-state index contributed by atoms with van der Waals surface area (Å²) in [6, 6.07) is 18.3. The second-order valence-electron chi connectivity index (χ2n) is 6.50. The zero-order valence-corrected chi connectivity index (χ0v) is 15.2. The van der Waals surface area contributed by atoms with Crippen molar-refractivity contribution in [2.75, 3.05) is 13.2 Å². The van der Waals surface area contributed by atoms with Gasteiger partial charge in [-0.15, -0.1) is 0 Å². The van der Waals surface area contributed by atoms with E-state index in [0.29, 0.717) is 30.4 Å². The van der Waals surface area contributed by atoms with Crippen LogP contribution in [0, 0.1) is 0 Å². The van der Waals surface area contributed by atoms with Crippen molar-refractivity contribution in [3.05, 3.63) is 82.1 Å². The topological polar surface area (TPSA) is 80.4 Å². The minimum Gasteiger partial charge on any atom is -0.490 e. The maximum atomic E-state index is 12.4. The van der Waals surface area contributed by atoms with E-state index in [1.54, 1.807) is 12.1 Å². The Morgan fingerprint density at radius 3 is 2.54 bits per heavy atom.